The molecule has 0 heterocycles. The number of hydrogen-bond acceptors (Lipinski definition) is 0. The quantitative estimate of drug-likeness (QED) is 0.716. The van der Waals surface area contributed by atoms with Crippen LogP contribution >= 0.6 is 0 Å². The molecule has 0 amide bonds. The Morgan fingerprint density at radius 3 is 2.18 bits per heavy atom. The molecule has 17 heavy (non-hydrogen) atoms. The average Bonchev–Trinajstić information content (AvgIpc) is 3.01. The molecule has 0 unspecified atom stereocenters. The molecule has 0 N–H and O–H groups in total. The van der Waals surface area contributed by atoms with E-state index in [0.717, 1.165) is 6.42 Å². The summed E-state index contributed by atoms with van der Waals surface area (Å²) in [4.78, 5) is 0. The van der Waals surface area contributed by atoms with Crippen molar-refractivity contribution in [3.63, 3.8) is 0 Å². The predicted molar refractivity (Wildman–Crippen MR) is 72.9 cm³/mol. The molecule has 0 fully saturated rings. The van der Waals surface area contributed by atoms with Gasteiger partial charge >= 0.3 is 0 Å². The third-order valence-corrected chi connectivity index (χ3v) is 3.45. The normalized spacial score (nSPS) is 18.6. The highest BCUT2D eigenvalue weighted by Gasteiger charge is 2.13. The summed E-state index contributed by atoms with van der Waals surface area (Å²) in [6, 6.07) is 8.79. The molecule has 0 aliphatic heterocycles. The van der Waals surface area contributed by atoms with Gasteiger partial charge in [-0.1, -0.05) is 72.9 Å². The highest BCUT2D eigenvalue weighted by atomic mass is 14.2. The lowest BCUT2D eigenvalue weighted by Crippen LogP contribution is -2.02. The lowest BCUT2D eigenvalue weighted by Gasteiger charge is -2.14. The van der Waals surface area contributed by atoms with Gasteiger partial charge < -0.3 is 0 Å². The average molecular weight is 220 g/mol. The molecular formula is C17H16. The fraction of sp³-hybridized carbons (Fsp3) is 0.176. The summed E-state index contributed by atoms with van der Waals surface area (Å²) in [6.07, 6.45) is 18.7. The second-order valence-corrected chi connectivity index (χ2v) is 4.63. The lowest BCUT2D eigenvalue weighted by atomic mass is 9.90. The first-order valence-corrected chi connectivity index (χ1v) is 6.21. The molecule has 0 spiro atoms. The van der Waals surface area contributed by atoms with Crippen molar-refractivity contribution in [3.8, 4) is 0 Å². The van der Waals surface area contributed by atoms with Gasteiger partial charge in [0.05, 0.1) is 0 Å². The monoisotopic (exact) mass is 220 g/mol. The van der Waals surface area contributed by atoms with Gasteiger partial charge in [0.2, 0.25) is 0 Å². The largest absolute Gasteiger partial charge is 0.0773 e. The molecule has 2 aliphatic carbocycles. The minimum Gasteiger partial charge on any atom is -0.0773 e. The number of hydrogen-bond donors (Lipinski definition) is 0. The van der Waals surface area contributed by atoms with Crippen LogP contribution < -0.4 is 0 Å². The minimum absolute atomic E-state index is 0.473. The molecule has 0 nitrogen and oxygen atoms in total. The molecule has 0 bridgehead atoms. The van der Waals surface area contributed by atoms with Crippen LogP contribution in [-0.4, -0.2) is 0 Å². The SMILES string of the molecule is C1=CC(Cc2ccccc2C2C=CC=C2)C=C1. The molecule has 1 aromatic carbocycles. The summed E-state index contributed by atoms with van der Waals surface area (Å²) < 4.78 is 0. The molecule has 3 rings (SSSR count). The maximum absolute atomic E-state index is 2.27. The topological polar surface area (TPSA) is 0 Å². The zero-order valence-electron chi connectivity index (χ0n) is 9.79. The standard InChI is InChI=1S/C17H16/c1-2-8-14(7-1)13-16-11-5-6-12-17(16)15-9-3-4-10-15/h1-12,14-15H,13H2. The smallest absolute Gasteiger partial charge is 0.0207 e. The van der Waals surface area contributed by atoms with Crippen molar-refractivity contribution in [2.24, 2.45) is 5.92 Å². The Balaban J connectivity index is 1.87. The van der Waals surface area contributed by atoms with E-state index < -0.39 is 0 Å². The Morgan fingerprint density at radius 2 is 1.41 bits per heavy atom. The fourth-order valence-electron chi connectivity index (χ4n) is 2.55. The maximum Gasteiger partial charge on any atom is 0.0207 e. The molecular weight excluding hydrogens is 204 g/mol. The van der Waals surface area contributed by atoms with Crippen LogP contribution in [0.5, 0.6) is 0 Å². The Labute approximate surface area is 103 Å². The Bertz CT molecular complexity index is 491. The number of rotatable bonds is 3. The predicted octanol–water partition coefficient (Wildman–Crippen LogP) is 4.18. The summed E-state index contributed by atoms with van der Waals surface area (Å²) in [5, 5.41) is 0. The van der Waals surface area contributed by atoms with Crippen molar-refractivity contribution < 1.29 is 0 Å². The van der Waals surface area contributed by atoms with Crippen LogP contribution in [0.4, 0.5) is 0 Å². The molecule has 0 atom stereocenters. The maximum atomic E-state index is 2.27. The fourth-order valence-corrected chi connectivity index (χ4v) is 2.55. The summed E-state index contributed by atoms with van der Waals surface area (Å²) in [5.41, 5.74) is 2.92. The molecule has 0 radical (unpaired) electrons. The molecule has 84 valence electrons. The highest BCUT2D eigenvalue weighted by Crippen LogP contribution is 2.28. The van der Waals surface area contributed by atoms with E-state index >= 15 is 0 Å². The van der Waals surface area contributed by atoms with E-state index in [9.17, 15) is 0 Å². The van der Waals surface area contributed by atoms with Crippen LogP contribution in [0.15, 0.2) is 72.9 Å². The van der Waals surface area contributed by atoms with Crippen molar-refractivity contribution >= 4 is 0 Å². The van der Waals surface area contributed by atoms with Crippen LogP contribution in [0.3, 0.4) is 0 Å². The Hall–Kier alpha value is -1.82. The van der Waals surface area contributed by atoms with Gasteiger partial charge in [0.15, 0.2) is 0 Å². The summed E-state index contributed by atoms with van der Waals surface area (Å²) in [7, 11) is 0. The van der Waals surface area contributed by atoms with Crippen LogP contribution in [0.25, 0.3) is 0 Å². The van der Waals surface area contributed by atoms with E-state index in [4.69, 9.17) is 0 Å². The summed E-state index contributed by atoms with van der Waals surface area (Å²) >= 11 is 0. The van der Waals surface area contributed by atoms with Gasteiger partial charge in [0, 0.05) is 5.92 Å². The second kappa shape index (κ2) is 4.58. The first-order chi connectivity index (χ1) is 8.43. The second-order valence-electron chi connectivity index (χ2n) is 4.63. The van der Waals surface area contributed by atoms with Gasteiger partial charge in [-0.25, -0.2) is 0 Å². The van der Waals surface area contributed by atoms with Gasteiger partial charge in [0.25, 0.3) is 0 Å². The number of benzene rings is 1. The third kappa shape index (κ3) is 2.16. The Kier molecular flexibility index (Phi) is 2.79. The van der Waals surface area contributed by atoms with Crippen LogP contribution in [0.2, 0.25) is 0 Å². The van der Waals surface area contributed by atoms with Crippen LogP contribution in [0.1, 0.15) is 17.0 Å². The van der Waals surface area contributed by atoms with Crippen molar-refractivity contribution in [2.75, 3.05) is 0 Å². The lowest BCUT2D eigenvalue weighted by molar-refractivity contribution is 0.802. The van der Waals surface area contributed by atoms with E-state index in [0.29, 0.717) is 11.8 Å². The van der Waals surface area contributed by atoms with Gasteiger partial charge in [-0.2, -0.15) is 0 Å². The van der Waals surface area contributed by atoms with Crippen molar-refractivity contribution in [3.05, 3.63) is 84.0 Å². The third-order valence-electron chi connectivity index (χ3n) is 3.45. The van der Waals surface area contributed by atoms with E-state index in [1.807, 2.05) is 0 Å². The number of allylic oxidation sites excluding steroid dienone is 8. The first kappa shape index (κ1) is 10.3. The molecule has 2 aliphatic rings. The van der Waals surface area contributed by atoms with Crippen LogP contribution in [-0.2, 0) is 6.42 Å². The van der Waals surface area contributed by atoms with E-state index in [1.54, 1.807) is 0 Å². The minimum atomic E-state index is 0.473. The summed E-state index contributed by atoms with van der Waals surface area (Å²) in [6.45, 7) is 0. The van der Waals surface area contributed by atoms with Crippen molar-refractivity contribution in [1.82, 2.24) is 0 Å². The molecule has 0 aromatic heterocycles. The Morgan fingerprint density at radius 1 is 0.765 bits per heavy atom. The molecule has 0 heteroatoms. The van der Waals surface area contributed by atoms with E-state index in [2.05, 4.69) is 72.9 Å². The first-order valence-electron chi connectivity index (χ1n) is 6.21. The van der Waals surface area contributed by atoms with E-state index in [-0.39, 0.29) is 0 Å². The van der Waals surface area contributed by atoms with Gasteiger partial charge in [-0.05, 0) is 23.5 Å². The summed E-state index contributed by atoms with van der Waals surface area (Å²) in [5.74, 6) is 1.05. The molecule has 0 saturated carbocycles. The van der Waals surface area contributed by atoms with E-state index in [1.165, 1.54) is 11.1 Å². The zero-order valence-corrected chi connectivity index (χ0v) is 9.79. The van der Waals surface area contributed by atoms with Crippen molar-refractivity contribution in [2.45, 2.75) is 12.3 Å². The van der Waals surface area contributed by atoms with Gasteiger partial charge in [-0.3, -0.25) is 0 Å². The molecule has 0 saturated heterocycles. The van der Waals surface area contributed by atoms with Gasteiger partial charge in [-0.15, -0.1) is 0 Å². The highest BCUT2D eigenvalue weighted by molar-refractivity contribution is 5.41. The van der Waals surface area contributed by atoms with Crippen molar-refractivity contribution in [1.29, 1.82) is 0 Å². The van der Waals surface area contributed by atoms with Crippen LogP contribution in [0, 0.1) is 5.92 Å². The zero-order chi connectivity index (χ0) is 11.5. The van der Waals surface area contributed by atoms with Gasteiger partial charge in [0.1, 0.15) is 0 Å². The molecule has 1 aromatic rings.